The molecule has 22 heavy (non-hydrogen) atoms. The number of aromatic nitrogens is 3. The Morgan fingerprint density at radius 3 is 2.14 bits per heavy atom. The average molecular weight is 301 g/mol. The molecule has 2 amide bonds. The molecule has 2 rings (SSSR count). The van der Waals surface area contributed by atoms with E-state index in [1.54, 1.807) is 18.2 Å². The SMILES string of the molecule is O=CNc1nc(NC=O)nc(-c2cccc(CO)c2C=O)n1. The average Bonchev–Trinajstić information content (AvgIpc) is 2.54. The van der Waals surface area contributed by atoms with Crippen LogP contribution in [-0.4, -0.2) is 39.2 Å². The van der Waals surface area contributed by atoms with Crippen LogP contribution in [0.5, 0.6) is 0 Å². The largest absolute Gasteiger partial charge is 0.392 e. The van der Waals surface area contributed by atoms with Crippen molar-refractivity contribution in [2.24, 2.45) is 0 Å². The number of nitrogens with zero attached hydrogens (tertiary/aromatic N) is 3. The second-order valence-electron chi connectivity index (χ2n) is 3.98. The molecule has 3 N–H and O–H groups in total. The molecule has 9 heteroatoms. The predicted molar refractivity (Wildman–Crippen MR) is 75.9 cm³/mol. The summed E-state index contributed by atoms with van der Waals surface area (Å²) in [4.78, 5) is 44.1. The quantitative estimate of drug-likeness (QED) is 0.612. The Bertz CT molecular complexity index is 691. The van der Waals surface area contributed by atoms with Gasteiger partial charge in [-0.3, -0.25) is 25.0 Å². The van der Waals surface area contributed by atoms with Crippen molar-refractivity contribution in [2.75, 3.05) is 10.6 Å². The molecule has 0 unspecified atom stereocenters. The van der Waals surface area contributed by atoms with Gasteiger partial charge in [-0.15, -0.1) is 0 Å². The Morgan fingerprint density at radius 2 is 1.64 bits per heavy atom. The third-order valence-electron chi connectivity index (χ3n) is 2.74. The molecule has 9 nitrogen and oxygen atoms in total. The minimum Gasteiger partial charge on any atom is -0.392 e. The molecule has 1 aromatic carbocycles. The summed E-state index contributed by atoms with van der Waals surface area (Å²) in [5.41, 5.74) is 0.958. The fourth-order valence-electron chi connectivity index (χ4n) is 1.82. The molecular formula is C13H11N5O4. The van der Waals surface area contributed by atoms with Crippen LogP contribution in [0.4, 0.5) is 11.9 Å². The van der Waals surface area contributed by atoms with Gasteiger partial charge >= 0.3 is 0 Å². The number of amides is 2. The van der Waals surface area contributed by atoms with Gasteiger partial charge in [-0.1, -0.05) is 18.2 Å². The molecule has 0 radical (unpaired) electrons. The van der Waals surface area contributed by atoms with Crippen molar-refractivity contribution in [3.63, 3.8) is 0 Å². The van der Waals surface area contributed by atoms with E-state index < -0.39 is 0 Å². The van der Waals surface area contributed by atoms with Crippen molar-refractivity contribution in [3.05, 3.63) is 29.3 Å². The zero-order valence-corrected chi connectivity index (χ0v) is 11.2. The van der Waals surface area contributed by atoms with Crippen LogP contribution in [0.15, 0.2) is 18.2 Å². The van der Waals surface area contributed by atoms with Crippen molar-refractivity contribution < 1.29 is 19.5 Å². The molecule has 0 spiro atoms. The Hall–Kier alpha value is -3.20. The smallest absolute Gasteiger partial charge is 0.234 e. The third-order valence-corrected chi connectivity index (χ3v) is 2.74. The van der Waals surface area contributed by atoms with Crippen molar-refractivity contribution in [1.29, 1.82) is 0 Å². The second-order valence-corrected chi connectivity index (χ2v) is 3.98. The molecule has 0 fully saturated rings. The minimum absolute atomic E-state index is 0.0705. The fourth-order valence-corrected chi connectivity index (χ4v) is 1.82. The minimum atomic E-state index is -0.327. The Morgan fingerprint density at radius 1 is 1.00 bits per heavy atom. The molecular weight excluding hydrogens is 290 g/mol. The molecule has 0 aliphatic rings. The van der Waals surface area contributed by atoms with Crippen LogP contribution in [0.1, 0.15) is 15.9 Å². The Kier molecular flexibility index (Phi) is 4.83. The normalized spacial score (nSPS) is 9.86. The summed E-state index contributed by atoms with van der Waals surface area (Å²) in [5.74, 6) is -0.104. The topological polar surface area (TPSA) is 134 Å². The van der Waals surface area contributed by atoms with E-state index in [0.717, 1.165) is 0 Å². The number of benzene rings is 1. The molecule has 1 aromatic heterocycles. The summed E-state index contributed by atoms with van der Waals surface area (Å²) >= 11 is 0. The lowest BCUT2D eigenvalue weighted by Crippen LogP contribution is -2.09. The zero-order valence-electron chi connectivity index (χ0n) is 11.2. The van der Waals surface area contributed by atoms with Gasteiger partial charge in [0.25, 0.3) is 0 Å². The first kappa shape index (κ1) is 15.2. The van der Waals surface area contributed by atoms with Crippen molar-refractivity contribution >= 4 is 31.0 Å². The lowest BCUT2D eigenvalue weighted by molar-refractivity contribution is -0.106. The summed E-state index contributed by atoms with van der Waals surface area (Å²) in [7, 11) is 0. The summed E-state index contributed by atoms with van der Waals surface area (Å²) in [5, 5.41) is 13.8. The van der Waals surface area contributed by atoms with Crippen LogP contribution < -0.4 is 10.6 Å². The number of aliphatic hydroxyl groups excluding tert-OH is 1. The van der Waals surface area contributed by atoms with E-state index in [-0.39, 0.29) is 29.9 Å². The summed E-state index contributed by atoms with van der Waals surface area (Å²) in [6.45, 7) is -0.327. The first-order valence-corrected chi connectivity index (χ1v) is 6.08. The van der Waals surface area contributed by atoms with Gasteiger partial charge in [-0.05, 0) is 5.56 Å². The monoisotopic (exact) mass is 301 g/mol. The third kappa shape index (κ3) is 3.10. The number of hydrogen-bond acceptors (Lipinski definition) is 7. The van der Waals surface area contributed by atoms with Crippen molar-refractivity contribution in [3.8, 4) is 11.4 Å². The standard InChI is InChI=1S/C13H11N5O4/c19-4-8-2-1-3-9(10(8)5-20)11-16-12(14-6-21)18-13(17-11)15-7-22/h1-3,5-7,19H,4H2,(H2,14,15,16,17,18,21,22). The van der Waals surface area contributed by atoms with E-state index in [0.29, 0.717) is 30.2 Å². The number of anilines is 2. The Labute approximate surface area is 124 Å². The molecule has 0 saturated heterocycles. The van der Waals surface area contributed by atoms with Gasteiger partial charge < -0.3 is 5.11 Å². The van der Waals surface area contributed by atoms with Crippen LogP contribution >= 0.6 is 0 Å². The Balaban J connectivity index is 2.62. The van der Waals surface area contributed by atoms with Crippen LogP contribution in [0.25, 0.3) is 11.4 Å². The molecule has 0 aliphatic carbocycles. The molecule has 1 heterocycles. The number of aliphatic hydroxyl groups is 1. The molecule has 2 aromatic rings. The number of aldehydes is 1. The second kappa shape index (κ2) is 6.99. The van der Waals surface area contributed by atoms with Gasteiger partial charge in [0, 0.05) is 11.1 Å². The molecule has 0 bridgehead atoms. The highest BCUT2D eigenvalue weighted by atomic mass is 16.3. The molecule has 0 aliphatic heterocycles. The lowest BCUT2D eigenvalue weighted by atomic mass is 10.0. The van der Waals surface area contributed by atoms with E-state index in [2.05, 4.69) is 25.6 Å². The van der Waals surface area contributed by atoms with Crippen LogP contribution in [0.3, 0.4) is 0 Å². The van der Waals surface area contributed by atoms with Crippen molar-refractivity contribution in [1.82, 2.24) is 15.0 Å². The zero-order chi connectivity index (χ0) is 15.9. The highest BCUT2D eigenvalue weighted by Gasteiger charge is 2.14. The number of carbonyl (C=O) groups excluding carboxylic acids is 3. The number of nitrogens with one attached hydrogen (secondary N) is 2. The maximum absolute atomic E-state index is 11.3. The molecule has 112 valence electrons. The van der Waals surface area contributed by atoms with Crippen LogP contribution in [-0.2, 0) is 16.2 Å². The van der Waals surface area contributed by atoms with Crippen molar-refractivity contribution in [2.45, 2.75) is 6.61 Å². The van der Waals surface area contributed by atoms with Gasteiger partial charge in [0.1, 0.15) is 0 Å². The maximum Gasteiger partial charge on any atom is 0.234 e. The first-order chi connectivity index (χ1) is 10.7. The van der Waals surface area contributed by atoms with Gasteiger partial charge in [0.2, 0.25) is 24.7 Å². The van der Waals surface area contributed by atoms with Gasteiger partial charge in [0.15, 0.2) is 12.1 Å². The van der Waals surface area contributed by atoms with E-state index in [4.69, 9.17) is 0 Å². The van der Waals surface area contributed by atoms with Crippen LogP contribution in [0.2, 0.25) is 0 Å². The predicted octanol–water partition coefficient (Wildman–Crippen LogP) is -0.0200. The summed E-state index contributed by atoms with van der Waals surface area (Å²) in [6, 6.07) is 4.79. The highest BCUT2D eigenvalue weighted by molar-refractivity contribution is 5.88. The van der Waals surface area contributed by atoms with E-state index >= 15 is 0 Å². The van der Waals surface area contributed by atoms with Gasteiger partial charge in [-0.25, -0.2) is 0 Å². The van der Waals surface area contributed by atoms with E-state index in [1.165, 1.54) is 0 Å². The molecule has 0 saturated carbocycles. The van der Waals surface area contributed by atoms with Gasteiger partial charge in [0.05, 0.1) is 6.61 Å². The lowest BCUT2D eigenvalue weighted by Gasteiger charge is -2.09. The van der Waals surface area contributed by atoms with Crippen LogP contribution in [0, 0.1) is 0 Å². The highest BCUT2D eigenvalue weighted by Crippen LogP contribution is 2.24. The number of rotatable bonds is 7. The number of carbonyl (C=O) groups is 3. The summed E-state index contributed by atoms with van der Waals surface area (Å²) in [6.07, 6.45) is 1.31. The summed E-state index contributed by atoms with van der Waals surface area (Å²) < 4.78 is 0. The maximum atomic E-state index is 11.3. The fraction of sp³-hybridized carbons (Fsp3) is 0.0769. The van der Waals surface area contributed by atoms with E-state index in [9.17, 15) is 19.5 Å². The first-order valence-electron chi connectivity index (χ1n) is 6.08. The van der Waals surface area contributed by atoms with E-state index in [1.807, 2.05) is 0 Å². The number of hydrogen-bond donors (Lipinski definition) is 3. The molecule has 0 atom stereocenters. The van der Waals surface area contributed by atoms with Gasteiger partial charge in [-0.2, -0.15) is 15.0 Å².